The second-order valence-corrected chi connectivity index (χ2v) is 5.69. The van der Waals surface area contributed by atoms with Crippen molar-refractivity contribution in [2.75, 3.05) is 0 Å². The largest absolute Gasteiger partial charge is 0.326 e. The predicted octanol–water partition coefficient (Wildman–Crippen LogP) is 1.51. The van der Waals surface area contributed by atoms with Gasteiger partial charge in [0, 0.05) is 17.2 Å². The van der Waals surface area contributed by atoms with E-state index in [0.717, 1.165) is 0 Å². The summed E-state index contributed by atoms with van der Waals surface area (Å²) in [5, 5.41) is 8.88. The van der Waals surface area contributed by atoms with E-state index in [9.17, 15) is 8.42 Å². The topological polar surface area (TPSA) is 83.9 Å². The van der Waals surface area contributed by atoms with E-state index in [2.05, 4.69) is 0 Å². The monoisotopic (exact) mass is 258 g/mol. The molecule has 6 heteroatoms. The number of nitrogens with zero attached hydrogens (tertiary/aromatic N) is 1. The van der Waals surface area contributed by atoms with Crippen molar-refractivity contribution in [2.24, 2.45) is 5.73 Å². The molecule has 16 heavy (non-hydrogen) atoms. The molecule has 0 radical (unpaired) electrons. The SMILES string of the molecule is CCc1c(C#N)ccc(CN)c1S(=O)(=O)Cl. The van der Waals surface area contributed by atoms with Gasteiger partial charge in [0.15, 0.2) is 0 Å². The Bertz CT molecular complexity index is 547. The van der Waals surface area contributed by atoms with E-state index in [-0.39, 0.29) is 11.4 Å². The third-order valence-electron chi connectivity index (χ3n) is 2.28. The highest BCUT2D eigenvalue weighted by molar-refractivity contribution is 8.13. The number of rotatable bonds is 3. The lowest BCUT2D eigenvalue weighted by Gasteiger charge is -2.11. The van der Waals surface area contributed by atoms with Crippen LogP contribution in [0.2, 0.25) is 0 Å². The number of halogens is 1. The first-order valence-corrected chi connectivity index (χ1v) is 6.96. The van der Waals surface area contributed by atoms with E-state index in [1.165, 1.54) is 6.07 Å². The fraction of sp³-hybridized carbons (Fsp3) is 0.300. The predicted molar refractivity (Wildman–Crippen MR) is 61.5 cm³/mol. The maximum Gasteiger partial charge on any atom is 0.261 e. The lowest BCUT2D eigenvalue weighted by atomic mass is 10.0. The highest BCUT2D eigenvalue weighted by Crippen LogP contribution is 2.27. The molecule has 0 saturated heterocycles. The lowest BCUT2D eigenvalue weighted by Crippen LogP contribution is -2.08. The van der Waals surface area contributed by atoms with E-state index in [1.54, 1.807) is 13.0 Å². The van der Waals surface area contributed by atoms with Crippen LogP contribution in [-0.4, -0.2) is 8.42 Å². The number of nitrogens with two attached hydrogens (primary N) is 1. The van der Waals surface area contributed by atoms with E-state index < -0.39 is 9.05 Å². The Morgan fingerprint density at radius 1 is 1.50 bits per heavy atom. The molecular weight excluding hydrogens is 248 g/mol. The summed E-state index contributed by atoms with van der Waals surface area (Å²) in [5.41, 5.74) is 6.64. The second kappa shape index (κ2) is 4.83. The van der Waals surface area contributed by atoms with Crippen LogP contribution in [0.4, 0.5) is 0 Å². The fourth-order valence-corrected chi connectivity index (χ4v) is 3.19. The Morgan fingerprint density at radius 2 is 2.12 bits per heavy atom. The van der Waals surface area contributed by atoms with Gasteiger partial charge in [0.25, 0.3) is 9.05 Å². The Labute approximate surface area is 99.1 Å². The number of benzene rings is 1. The fourth-order valence-electron chi connectivity index (χ4n) is 1.60. The van der Waals surface area contributed by atoms with Crippen molar-refractivity contribution in [1.29, 1.82) is 5.26 Å². The van der Waals surface area contributed by atoms with Crippen molar-refractivity contribution in [3.05, 3.63) is 28.8 Å². The Morgan fingerprint density at radius 3 is 2.50 bits per heavy atom. The summed E-state index contributed by atoms with van der Waals surface area (Å²) in [5.74, 6) is 0. The third-order valence-corrected chi connectivity index (χ3v) is 3.74. The van der Waals surface area contributed by atoms with Crippen LogP contribution in [-0.2, 0) is 22.0 Å². The van der Waals surface area contributed by atoms with Gasteiger partial charge in [-0.05, 0) is 23.6 Å². The second-order valence-electron chi connectivity index (χ2n) is 3.19. The molecule has 0 aliphatic rings. The summed E-state index contributed by atoms with van der Waals surface area (Å²) in [6.45, 7) is 1.84. The molecule has 1 rings (SSSR count). The molecule has 2 N–H and O–H groups in total. The average Bonchev–Trinajstić information content (AvgIpc) is 2.25. The molecule has 0 fully saturated rings. The highest BCUT2D eigenvalue weighted by Gasteiger charge is 2.21. The molecule has 0 aliphatic heterocycles. The van der Waals surface area contributed by atoms with Crippen molar-refractivity contribution in [2.45, 2.75) is 24.8 Å². The summed E-state index contributed by atoms with van der Waals surface area (Å²) in [6, 6.07) is 5.03. The molecule has 1 aromatic rings. The quantitative estimate of drug-likeness (QED) is 0.833. The molecule has 1 aromatic carbocycles. The van der Waals surface area contributed by atoms with Crippen LogP contribution >= 0.6 is 10.7 Å². The number of hydrogen-bond acceptors (Lipinski definition) is 4. The zero-order valence-corrected chi connectivity index (χ0v) is 10.3. The molecule has 0 saturated carbocycles. The molecule has 0 atom stereocenters. The first-order valence-electron chi connectivity index (χ1n) is 4.65. The van der Waals surface area contributed by atoms with Crippen molar-refractivity contribution >= 4 is 19.7 Å². The standard InChI is InChI=1S/C10H11ClN2O2S/c1-2-9-7(5-12)3-4-8(6-13)10(9)16(11,14)15/h3-4H,2,6,13H2,1H3. The lowest BCUT2D eigenvalue weighted by molar-refractivity contribution is 0.607. The Kier molecular flexibility index (Phi) is 3.92. The number of hydrogen-bond donors (Lipinski definition) is 1. The van der Waals surface area contributed by atoms with Crippen LogP contribution in [0.3, 0.4) is 0 Å². The van der Waals surface area contributed by atoms with Gasteiger partial charge in [-0.1, -0.05) is 13.0 Å². The van der Waals surface area contributed by atoms with Crippen molar-refractivity contribution in [3.63, 3.8) is 0 Å². The van der Waals surface area contributed by atoms with Crippen molar-refractivity contribution in [3.8, 4) is 6.07 Å². The average molecular weight is 259 g/mol. The van der Waals surface area contributed by atoms with Gasteiger partial charge >= 0.3 is 0 Å². The summed E-state index contributed by atoms with van der Waals surface area (Å²) < 4.78 is 22.9. The minimum atomic E-state index is -3.88. The van der Waals surface area contributed by atoms with Gasteiger partial charge in [-0.25, -0.2) is 8.42 Å². The van der Waals surface area contributed by atoms with Gasteiger partial charge in [0.2, 0.25) is 0 Å². The van der Waals surface area contributed by atoms with Crippen LogP contribution in [0.15, 0.2) is 17.0 Å². The molecule has 0 spiro atoms. The van der Waals surface area contributed by atoms with E-state index in [4.69, 9.17) is 21.7 Å². The molecule has 0 aromatic heterocycles. The molecular formula is C10H11ClN2O2S. The van der Waals surface area contributed by atoms with Gasteiger partial charge in [-0.2, -0.15) is 5.26 Å². The molecule has 0 amide bonds. The minimum absolute atomic E-state index is 0.0155. The zero-order chi connectivity index (χ0) is 12.3. The molecule has 0 bridgehead atoms. The van der Waals surface area contributed by atoms with Crippen molar-refractivity contribution in [1.82, 2.24) is 0 Å². The molecule has 0 heterocycles. The smallest absolute Gasteiger partial charge is 0.261 e. The summed E-state index contributed by atoms with van der Waals surface area (Å²) in [6.07, 6.45) is 0.415. The highest BCUT2D eigenvalue weighted by atomic mass is 35.7. The summed E-state index contributed by atoms with van der Waals surface area (Å²) in [4.78, 5) is -0.0155. The Balaban J connectivity index is 3.72. The molecule has 86 valence electrons. The molecule has 0 aliphatic carbocycles. The van der Waals surface area contributed by atoms with Crippen LogP contribution in [0.1, 0.15) is 23.6 Å². The van der Waals surface area contributed by atoms with Crippen LogP contribution in [0.5, 0.6) is 0 Å². The molecule has 0 unspecified atom stereocenters. The third kappa shape index (κ3) is 2.35. The van der Waals surface area contributed by atoms with E-state index in [0.29, 0.717) is 23.1 Å². The maximum absolute atomic E-state index is 11.5. The van der Waals surface area contributed by atoms with Gasteiger partial charge in [-0.15, -0.1) is 0 Å². The summed E-state index contributed by atoms with van der Waals surface area (Å²) >= 11 is 0. The van der Waals surface area contributed by atoms with Gasteiger partial charge in [-0.3, -0.25) is 0 Å². The van der Waals surface area contributed by atoms with Crippen molar-refractivity contribution < 1.29 is 8.42 Å². The normalized spacial score (nSPS) is 11.1. The van der Waals surface area contributed by atoms with Gasteiger partial charge in [0.1, 0.15) is 0 Å². The first kappa shape index (κ1) is 13.0. The van der Waals surface area contributed by atoms with Gasteiger partial charge in [0.05, 0.1) is 16.5 Å². The minimum Gasteiger partial charge on any atom is -0.326 e. The zero-order valence-electron chi connectivity index (χ0n) is 8.70. The van der Waals surface area contributed by atoms with E-state index in [1.807, 2.05) is 6.07 Å². The van der Waals surface area contributed by atoms with Crippen LogP contribution in [0.25, 0.3) is 0 Å². The van der Waals surface area contributed by atoms with E-state index >= 15 is 0 Å². The molecule has 4 nitrogen and oxygen atoms in total. The maximum atomic E-state index is 11.5. The van der Waals surface area contributed by atoms with Gasteiger partial charge < -0.3 is 5.73 Å². The van der Waals surface area contributed by atoms with Crippen LogP contribution < -0.4 is 5.73 Å². The Hall–Kier alpha value is -1.09. The summed E-state index contributed by atoms with van der Waals surface area (Å²) in [7, 11) is 1.48. The number of nitriles is 1. The first-order chi connectivity index (χ1) is 7.45. The van der Waals surface area contributed by atoms with Crippen LogP contribution in [0, 0.1) is 11.3 Å².